The van der Waals surface area contributed by atoms with Crippen molar-refractivity contribution in [2.45, 2.75) is 21.3 Å². The SMILES string of the molecule is O=[N+]([O-])c1cc(S(=O)(=O)Nc2ccccc2CO)ccc1Sc1ccc(Cl)c(Cl)c1. The first kappa shape index (κ1) is 22.4. The van der Waals surface area contributed by atoms with Crippen molar-refractivity contribution >= 4 is 56.4 Å². The van der Waals surface area contributed by atoms with Crippen molar-refractivity contribution in [3.05, 3.63) is 86.4 Å². The smallest absolute Gasteiger partial charge is 0.284 e. The number of aliphatic hydroxyl groups excluding tert-OH is 1. The summed E-state index contributed by atoms with van der Waals surface area (Å²) in [6, 6.07) is 14.7. The average molecular weight is 485 g/mol. The monoisotopic (exact) mass is 484 g/mol. The second kappa shape index (κ2) is 9.23. The topological polar surface area (TPSA) is 110 Å². The summed E-state index contributed by atoms with van der Waals surface area (Å²) in [5.74, 6) is 0. The van der Waals surface area contributed by atoms with Gasteiger partial charge in [0.15, 0.2) is 0 Å². The Morgan fingerprint density at radius 3 is 2.43 bits per heavy atom. The molecule has 2 N–H and O–H groups in total. The molecular formula is C19H14Cl2N2O5S2. The van der Waals surface area contributed by atoms with Gasteiger partial charge in [-0.15, -0.1) is 0 Å². The second-order valence-corrected chi connectivity index (χ2v) is 9.60. The molecule has 0 aliphatic carbocycles. The summed E-state index contributed by atoms with van der Waals surface area (Å²) in [6.07, 6.45) is 0. The first-order valence-electron chi connectivity index (χ1n) is 8.34. The third-order valence-corrected chi connectivity index (χ3v) is 7.15. The zero-order valence-electron chi connectivity index (χ0n) is 15.1. The molecule has 0 amide bonds. The van der Waals surface area contributed by atoms with Crippen molar-refractivity contribution in [1.29, 1.82) is 0 Å². The van der Waals surface area contributed by atoms with Crippen molar-refractivity contribution in [3.8, 4) is 0 Å². The molecule has 11 heteroatoms. The van der Waals surface area contributed by atoms with Crippen LogP contribution in [-0.2, 0) is 16.6 Å². The van der Waals surface area contributed by atoms with Crippen LogP contribution in [0.4, 0.5) is 11.4 Å². The van der Waals surface area contributed by atoms with E-state index in [1.165, 1.54) is 18.2 Å². The number of hydrogen-bond acceptors (Lipinski definition) is 6. The molecular weight excluding hydrogens is 471 g/mol. The van der Waals surface area contributed by atoms with Gasteiger partial charge in [-0.05, 0) is 36.4 Å². The number of nitrogens with one attached hydrogen (secondary N) is 1. The number of benzene rings is 3. The lowest BCUT2D eigenvalue weighted by molar-refractivity contribution is -0.388. The van der Waals surface area contributed by atoms with Crippen molar-refractivity contribution in [2.24, 2.45) is 0 Å². The molecule has 156 valence electrons. The number of nitrogens with zero attached hydrogens (tertiary/aromatic N) is 1. The first-order chi connectivity index (χ1) is 14.2. The Bertz CT molecular complexity index is 1220. The molecule has 0 aromatic heterocycles. The van der Waals surface area contributed by atoms with Gasteiger partial charge >= 0.3 is 0 Å². The van der Waals surface area contributed by atoms with Gasteiger partial charge in [0.1, 0.15) is 0 Å². The van der Waals surface area contributed by atoms with Gasteiger partial charge in [0.25, 0.3) is 15.7 Å². The van der Waals surface area contributed by atoms with Crippen molar-refractivity contribution in [2.75, 3.05) is 4.72 Å². The minimum absolute atomic E-state index is 0.192. The Labute approximate surface area is 186 Å². The molecule has 0 aliphatic rings. The Kier molecular flexibility index (Phi) is 6.89. The number of aliphatic hydroxyl groups is 1. The van der Waals surface area contributed by atoms with Crippen LogP contribution in [0.25, 0.3) is 0 Å². The van der Waals surface area contributed by atoms with Gasteiger partial charge in [-0.3, -0.25) is 14.8 Å². The number of rotatable bonds is 7. The van der Waals surface area contributed by atoms with Crippen LogP contribution in [0.15, 0.2) is 75.4 Å². The van der Waals surface area contributed by atoms with Crippen LogP contribution < -0.4 is 4.72 Å². The van der Waals surface area contributed by atoms with E-state index in [1.807, 2.05) is 0 Å². The highest BCUT2D eigenvalue weighted by molar-refractivity contribution is 7.99. The lowest BCUT2D eigenvalue weighted by Gasteiger charge is -2.12. The van der Waals surface area contributed by atoms with Gasteiger partial charge < -0.3 is 5.11 Å². The number of sulfonamides is 1. The molecule has 0 aliphatic heterocycles. The second-order valence-electron chi connectivity index (χ2n) is 5.99. The summed E-state index contributed by atoms with van der Waals surface area (Å²) in [7, 11) is -4.12. The van der Waals surface area contributed by atoms with E-state index >= 15 is 0 Å². The fraction of sp³-hybridized carbons (Fsp3) is 0.0526. The number of para-hydroxylation sites is 1. The van der Waals surface area contributed by atoms with Gasteiger partial charge in [0.05, 0.1) is 37.1 Å². The summed E-state index contributed by atoms with van der Waals surface area (Å²) in [6.45, 7) is -0.363. The van der Waals surface area contributed by atoms with Crippen LogP contribution in [-0.4, -0.2) is 18.4 Å². The van der Waals surface area contributed by atoms with E-state index in [4.69, 9.17) is 23.2 Å². The molecule has 30 heavy (non-hydrogen) atoms. The van der Waals surface area contributed by atoms with Crippen molar-refractivity contribution in [3.63, 3.8) is 0 Å². The van der Waals surface area contributed by atoms with E-state index in [9.17, 15) is 23.6 Å². The maximum Gasteiger partial charge on any atom is 0.284 e. The van der Waals surface area contributed by atoms with Crippen molar-refractivity contribution in [1.82, 2.24) is 0 Å². The molecule has 0 fully saturated rings. The summed E-state index contributed by atoms with van der Waals surface area (Å²) >= 11 is 12.9. The fourth-order valence-corrected chi connectivity index (χ4v) is 4.95. The Morgan fingerprint density at radius 2 is 1.77 bits per heavy atom. The third-order valence-electron chi connectivity index (χ3n) is 3.99. The standard InChI is InChI=1S/C19H14Cl2N2O5S2/c20-15-7-5-13(9-16(15)21)29-19-8-6-14(10-18(19)23(25)26)30(27,28)22-17-4-2-1-3-12(17)11-24/h1-10,22,24H,11H2. The fourth-order valence-electron chi connectivity index (χ4n) is 2.52. The van der Waals surface area contributed by atoms with E-state index in [0.29, 0.717) is 20.5 Å². The zero-order valence-corrected chi connectivity index (χ0v) is 18.2. The van der Waals surface area contributed by atoms with Crippen LogP contribution in [0.3, 0.4) is 0 Å². The molecule has 0 saturated heterocycles. The van der Waals surface area contributed by atoms with Gasteiger partial charge in [-0.1, -0.05) is 53.2 Å². The summed E-state index contributed by atoms with van der Waals surface area (Å²) < 4.78 is 27.8. The predicted octanol–water partition coefficient (Wildman–Crippen LogP) is 5.35. The molecule has 3 aromatic carbocycles. The maximum atomic E-state index is 12.7. The number of halogens is 2. The predicted molar refractivity (Wildman–Crippen MR) is 117 cm³/mol. The van der Waals surface area contributed by atoms with Gasteiger partial charge in [0.2, 0.25) is 0 Å². The minimum Gasteiger partial charge on any atom is -0.392 e. The van der Waals surface area contributed by atoms with Gasteiger partial charge in [-0.2, -0.15) is 0 Å². The number of nitro groups is 1. The molecule has 0 atom stereocenters. The molecule has 3 rings (SSSR count). The summed E-state index contributed by atoms with van der Waals surface area (Å²) in [4.78, 5) is 11.5. The first-order valence-corrected chi connectivity index (χ1v) is 11.4. The average Bonchev–Trinajstić information content (AvgIpc) is 2.71. The quantitative estimate of drug-likeness (QED) is 0.345. The van der Waals surface area contributed by atoms with Crippen LogP contribution in [0.5, 0.6) is 0 Å². The number of hydrogen-bond donors (Lipinski definition) is 2. The molecule has 0 heterocycles. The Morgan fingerprint density at radius 1 is 1.03 bits per heavy atom. The van der Waals surface area contributed by atoms with Crippen LogP contribution in [0.2, 0.25) is 10.0 Å². The largest absolute Gasteiger partial charge is 0.392 e. The van der Waals surface area contributed by atoms with Crippen LogP contribution in [0, 0.1) is 10.1 Å². The lowest BCUT2D eigenvalue weighted by Crippen LogP contribution is -2.14. The molecule has 0 spiro atoms. The van der Waals surface area contributed by atoms with Gasteiger partial charge in [-0.25, -0.2) is 8.42 Å². The third kappa shape index (κ3) is 5.05. The van der Waals surface area contributed by atoms with Crippen LogP contribution in [0.1, 0.15) is 5.56 Å². The molecule has 0 radical (unpaired) electrons. The van der Waals surface area contributed by atoms with E-state index in [0.717, 1.165) is 17.8 Å². The van der Waals surface area contributed by atoms with E-state index in [2.05, 4.69) is 4.72 Å². The Hall–Kier alpha value is -2.30. The molecule has 0 unspecified atom stereocenters. The molecule has 7 nitrogen and oxygen atoms in total. The Balaban J connectivity index is 1.95. The maximum absolute atomic E-state index is 12.7. The normalized spacial score (nSPS) is 11.3. The number of nitro benzene ring substituents is 1. The van der Waals surface area contributed by atoms with Gasteiger partial charge in [0, 0.05) is 16.5 Å². The summed E-state index contributed by atoms with van der Waals surface area (Å²) in [5, 5.41) is 21.6. The highest BCUT2D eigenvalue weighted by Crippen LogP contribution is 2.38. The van der Waals surface area contributed by atoms with E-state index in [-0.39, 0.29) is 27.8 Å². The zero-order chi connectivity index (χ0) is 21.9. The lowest BCUT2D eigenvalue weighted by atomic mass is 10.2. The summed E-state index contributed by atoms with van der Waals surface area (Å²) in [5.41, 5.74) is 0.198. The molecule has 3 aromatic rings. The number of anilines is 1. The molecule has 0 bridgehead atoms. The van der Waals surface area contributed by atoms with E-state index in [1.54, 1.807) is 36.4 Å². The van der Waals surface area contributed by atoms with E-state index < -0.39 is 14.9 Å². The highest BCUT2D eigenvalue weighted by Gasteiger charge is 2.23. The van der Waals surface area contributed by atoms with Crippen LogP contribution >= 0.6 is 35.0 Å². The minimum atomic E-state index is -4.12. The molecule has 0 saturated carbocycles. The highest BCUT2D eigenvalue weighted by atomic mass is 35.5. The van der Waals surface area contributed by atoms with Crippen molar-refractivity contribution < 1.29 is 18.4 Å².